The van der Waals surface area contributed by atoms with Crippen molar-refractivity contribution in [2.45, 2.75) is 20.8 Å². The minimum atomic E-state index is -0.798. The molecule has 1 aromatic heterocycles. The van der Waals surface area contributed by atoms with Gasteiger partial charge in [0.05, 0.1) is 6.54 Å². The molecule has 21 heavy (non-hydrogen) atoms. The van der Waals surface area contributed by atoms with Crippen molar-refractivity contribution in [1.82, 2.24) is 10.3 Å². The first-order chi connectivity index (χ1) is 9.85. The zero-order valence-electron chi connectivity index (χ0n) is 12.8. The van der Waals surface area contributed by atoms with E-state index in [1.54, 1.807) is 6.92 Å². The number of anilines is 2. The Balaban J connectivity index is 2.79. The van der Waals surface area contributed by atoms with Crippen LogP contribution >= 0.6 is 0 Å². The Labute approximate surface area is 123 Å². The summed E-state index contributed by atoms with van der Waals surface area (Å²) < 4.78 is 27.3. The van der Waals surface area contributed by atoms with E-state index >= 15 is 0 Å². The van der Waals surface area contributed by atoms with Gasteiger partial charge in [-0.25, -0.2) is 13.8 Å². The fourth-order valence-electron chi connectivity index (χ4n) is 1.68. The molecule has 0 bridgehead atoms. The number of pyridine rings is 1. The Morgan fingerprint density at radius 2 is 2.05 bits per heavy atom. The average molecular weight is 300 g/mol. The predicted molar refractivity (Wildman–Crippen MR) is 79.4 cm³/mol. The van der Waals surface area contributed by atoms with E-state index in [9.17, 15) is 13.6 Å². The lowest BCUT2D eigenvalue weighted by Gasteiger charge is -2.19. The van der Waals surface area contributed by atoms with Crippen LogP contribution in [0.3, 0.4) is 0 Å². The summed E-state index contributed by atoms with van der Waals surface area (Å²) in [5.41, 5.74) is 0. The van der Waals surface area contributed by atoms with Crippen LogP contribution in [-0.2, 0) is 4.79 Å². The minimum absolute atomic E-state index is 0.0247. The van der Waals surface area contributed by atoms with Gasteiger partial charge < -0.3 is 15.5 Å². The Bertz CT molecular complexity index is 494. The Morgan fingerprint density at radius 1 is 1.38 bits per heavy atom. The van der Waals surface area contributed by atoms with Crippen LogP contribution in [0.5, 0.6) is 0 Å². The molecule has 2 N–H and O–H groups in total. The minimum Gasteiger partial charge on any atom is -0.368 e. The highest BCUT2D eigenvalue weighted by atomic mass is 19.1. The number of likely N-dealkylation sites (N-methyl/N-ethyl adjacent to an activating group) is 1. The molecule has 1 heterocycles. The maximum atomic E-state index is 13.8. The highest BCUT2D eigenvalue weighted by Crippen LogP contribution is 2.21. The quantitative estimate of drug-likeness (QED) is 0.808. The van der Waals surface area contributed by atoms with E-state index < -0.39 is 11.6 Å². The van der Waals surface area contributed by atoms with Crippen LogP contribution in [0.1, 0.15) is 20.8 Å². The standard InChI is InChI=1S/C14H22F2N4O/c1-5-17-13-10(15)6-11(16)14(19-13)20(4)8-12(21)18-7-9(2)3/h6,9H,5,7-8H2,1-4H3,(H,17,19)(H,18,21). The lowest BCUT2D eigenvalue weighted by Crippen LogP contribution is -2.37. The van der Waals surface area contributed by atoms with Crippen LogP contribution in [0, 0.1) is 17.6 Å². The van der Waals surface area contributed by atoms with Crippen molar-refractivity contribution in [1.29, 1.82) is 0 Å². The number of nitrogens with zero attached hydrogens (tertiary/aromatic N) is 2. The van der Waals surface area contributed by atoms with Crippen molar-refractivity contribution in [2.75, 3.05) is 36.9 Å². The number of hydrogen-bond acceptors (Lipinski definition) is 4. The van der Waals surface area contributed by atoms with Gasteiger partial charge in [0.2, 0.25) is 5.91 Å². The molecule has 0 aliphatic carbocycles. The molecule has 0 radical (unpaired) electrons. The number of amides is 1. The summed E-state index contributed by atoms with van der Waals surface area (Å²) in [5.74, 6) is -1.54. The molecule has 7 heteroatoms. The van der Waals surface area contributed by atoms with Crippen LogP contribution in [-0.4, -0.2) is 37.6 Å². The first-order valence-electron chi connectivity index (χ1n) is 6.92. The molecule has 0 aromatic carbocycles. The second-order valence-corrected chi connectivity index (χ2v) is 5.21. The highest BCUT2D eigenvalue weighted by Gasteiger charge is 2.17. The predicted octanol–water partition coefficient (Wildman–Crippen LogP) is 2.00. The van der Waals surface area contributed by atoms with E-state index in [0.29, 0.717) is 19.0 Å². The third-order valence-electron chi connectivity index (χ3n) is 2.71. The van der Waals surface area contributed by atoms with Gasteiger partial charge in [-0.2, -0.15) is 0 Å². The number of carbonyl (C=O) groups excluding carboxylic acids is 1. The van der Waals surface area contributed by atoms with Gasteiger partial charge in [-0.05, 0) is 12.8 Å². The molecular formula is C14H22F2N4O. The normalized spacial score (nSPS) is 10.6. The fraction of sp³-hybridized carbons (Fsp3) is 0.571. The van der Waals surface area contributed by atoms with Crippen LogP contribution in [0.15, 0.2) is 6.07 Å². The summed E-state index contributed by atoms with van der Waals surface area (Å²) in [4.78, 5) is 17.0. The molecule has 0 fully saturated rings. The summed E-state index contributed by atoms with van der Waals surface area (Å²) in [7, 11) is 1.54. The Morgan fingerprint density at radius 3 is 2.62 bits per heavy atom. The Hall–Kier alpha value is -1.92. The summed E-state index contributed by atoms with van der Waals surface area (Å²) in [6.07, 6.45) is 0. The van der Waals surface area contributed by atoms with Crippen molar-refractivity contribution >= 4 is 17.5 Å². The summed E-state index contributed by atoms with van der Waals surface area (Å²) in [6.45, 7) is 6.71. The van der Waals surface area contributed by atoms with Gasteiger partial charge >= 0.3 is 0 Å². The van der Waals surface area contributed by atoms with Crippen LogP contribution in [0.4, 0.5) is 20.4 Å². The zero-order chi connectivity index (χ0) is 16.0. The number of aromatic nitrogens is 1. The average Bonchev–Trinajstić information content (AvgIpc) is 2.39. The number of halogens is 2. The van der Waals surface area contributed by atoms with Gasteiger partial charge in [0.25, 0.3) is 0 Å². The lowest BCUT2D eigenvalue weighted by atomic mass is 10.2. The van der Waals surface area contributed by atoms with Gasteiger partial charge in [-0.15, -0.1) is 0 Å². The van der Waals surface area contributed by atoms with E-state index in [1.165, 1.54) is 11.9 Å². The molecule has 0 aliphatic rings. The van der Waals surface area contributed by atoms with Crippen molar-refractivity contribution < 1.29 is 13.6 Å². The fourth-order valence-corrected chi connectivity index (χ4v) is 1.68. The maximum Gasteiger partial charge on any atom is 0.239 e. The smallest absolute Gasteiger partial charge is 0.239 e. The SMILES string of the molecule is CCNc1nc(N(C)CC(=O)NCC(C)C)c(F)cc1F. The summed E-state index contributed by atoms with van der Waals surface area (Å²) >= 11 is 0. The number of rotatable bonds is 7. The number of nitrogens with one attached hydrogen (secondary N) is 2. The third-order valence-corrected chi connectivity index (χ3v) is 2.71. The van der Waals surface area contributed by atoms with Gasteiger partial charge in [0.1, 0.15) is 0 Å². The van der Waals surface area contributed by atoms with Crippen molar-refractivity contribution in [3.63, 3.8) is 0 Å². The molecule has 0 unspecified atom stereocenters. The monoisotopic (exact) mass is 300 g/mol. The van der Waals surface area contributed by atoms with E-state index in [0.717, 1.165) is 6.07 Å². The molecule has 0 spiro atoms. The van der Waals surface area contributed by atoms with Crippen LogP contribution in [0.2, 0.25) is 0 Å². The topological polar surface area (TPSA) is 57.3 Å². The number of hydrogen-bond donors (Lipinski definition) is 2. The molecule has 1 rings (SSSR count). The molecular weight excluding hydrogens is 278 g/mol. The van der Waals surface area contributed by atoms with Crippen LogP contribution < -0.4 is 15.5 Å². The third kappa shape index (κ3) is 5.17. The van der Waals surface area contributed by atoms with Crippen molar-refractivity contribution in [3.8, 4) is 0 Å². The van der Waals surface area contributed by atoms with Gasteiger partial charge in [-0.1, -0.05) is 13.8 Å². The molecule has 1 amide bonds. The zero-order valence-corrected chi connectivity index (χ0v) is 12.8. The largest absolute Gasteiger partial charge is 0.368 e. The lowest BCUT2D eigenvalue weighted by molar-refractivity contribution is -0.119. The maximum absolute atomic E-state index is 13.8. The first kappa shape index (κ1) is 17.1. The van der Waals surface area contributed by atoms with Crippen molar-refractivity contribution in [2.24, 2.45) is 5.92 Å². The second-order valence-electron chi connectivity index (χ2n) is 5.21. The second kappa shape index (κ2) is 7.75. The highest BCUT2D eigenvalue weighted by molar-refractivity contribution is 5.81. The van der Waals surface area contributed by atoms with Gasteiger partial charge in [0.15, 0.2) is 23.3 Å². The molecule has 0 saturated heterocycles. The Kier molecular flexibility index (Phi) is 6.33. The molecule has 0 saturated carbocycles. The van der Waals surface area contributed by atoms with E-state index in [1.807, 2.05) is 13.8 Å². The van der Waals surface area contributed by atoms with Gasteiger partial charge in [0, 0.05) is 26.2 Å². The van der Waals surface area contributed by atoms with E-state index in [4.69, 9.17) is 0 Å². The van der Waals surface area contributed by atoms with Gasteiger partial charge in [-0.3, -0.25) is 4.79 Å². The first-order valence-corrected chi connectivity index (χ1v) is 6.92. The molecule has 1 aromatic rings. The van der Waals surface area contributed by atoms with Crippen LogP contribution in [0.25, 0.3) is 0 Å². The summed E-state index contributed by atoms with van der Waals surface area (Å²) in [5, 5.41) is 5.44. The van der Waals surface area contributed by atoms with Crippen molar-refractivity contribution in [3.05, 3.63) is 17.7 Å². The summed E-state index contributed by atoms with van der Waals surface area (Å²) in [6, 6.07) is 0.767. The molecule has 0 aliphatic heterocycles. The van der Waals surface area contributed by atoms with E-state index in [-0.39, 0.29) is 24.1 Å². The molecule has 0 atom stereocenters. The van der Waals surface area contributed by atoms with E-state index in [2.05, 4.69) is 15.6 Å². The molecule has 5 nitrogen and oxygen atoms in total. The molecule has 118 valence electrons. The number of carbonyl (C=O) groups is 1.